The van der Waals surface area contributed by atoms with Crippen molar-refractivity contribution in [3.8, 4) is 22.3 Å². The molecule has 2 heteroatoms. The van der Waals surface area contributed by atoms with Gasteiger partial charge in [0.2, 0.25) is 0 Å². The monoisotopic (exact) mass is 460 g/mol. The summed E-state index contributed by atoms with van der Waals surface area (Å²) < 4.78 is 0. The predicted octanol–water partition coefficient (Wildman–Crippen LogP) is 8.80. The van der Waals surface area contributed by atoms with Crippen molar-refractivity contribution < 1.29 is 0 Å². The summed E-state index contributed by atoms with van der Waals surface area (Å²) in [5.74, 6) is 0. The molecule has 2 nitrogen and oxygen atoms in total. The van der Waals surface area contributed by atoms with Crippen LogP contribution in [-0.4, -0.2) is 0 Å². The van der Waals surface area contributed by atoms with Crippen molar-refractivity contribution in [2.24, 2.45) is 0 Å². The van der Waals surface area contributed by atoms with Gasteiger partial charge in [-0.2, -0.15) is 0 Å². The van der Waals surface area contributed by atoms with Crippen LogP contribution in [0, 0.1) is 0 Å². The van der Waals surface area contributed by atoms with Crippen LogP contribution in [0.25, 0.3) is 65.3 Å². The first kappa shape index (κ1) is 20.5. The number of rotatable bonds is 2. The Morgan fingerprint density at radius 2 is 0.944 bits per heavy atom. The molecule has 170 valence electrons. The van der Waals surface area contributed by atoms with Crippen LogP contribution in [0.2, 0.25) is 0 Å². The lowest BCUT2D eigenvalue weighted by molar-refractivity contribution is 1.67. The maximum atomic E-state index is 6.38. The molecule has 0 unspecified atom stereocenters. The molecule has 0 spiro atoms. The van der Waals surface area contributed by atoms with E-state index in [1.54, 1.807) is 0 Å². The van der Waals surface area contributed by atoms with Crippen LogP contribution in [0.4, 0.5) is 11.4 Å². The summed E-state index contributed by atoms with van der Waals surface area (Å²) in [5, 5.41) is 9.51. The summed E-state index contributed by atoms with van der Waals surface area (Å²) in [7, 11) is 0. The van der Waals surface area contributed by atoms with Crippen LogP contribution in [-0.2, 0) is 0 Å². The molecule has 0 aliphatic heterocycles. The maximum absolute atomic E-state index is 6.38. The van der Waals surface area contributed by atoms with E-state index in [1.165, 1.54) is 54.6 Å². The summed E-state index contributed by atoms with van der Waals surface area (Å²) in [5.41, 5.74) is 19.0. The van der Waals surface area contributed by atoms with Gasteiger partial charge in [0, 0.05) is 16.8 Å². The zero-order valence-electron chi connectivity index (χ0n) is 19.7. The molecule has 0 saturated heterocycles. The normalized spacial score (nSPS) is 11.6. The first-order valence-corrected chi connectivity index (χ1v) is 12.2. The summed E-state index contributed by atoms with van der Waals surface area (Å²) >= 11 is 0. The summed E-state index contributed by atoms with van der Waals surface area (Å²) in [6, 6.07) is 42.9. The molecule has 0 aliphatic rings. The van der Waals surface area contributed by atoms with Crippen molar-refractivity contribution in [2.45, 2.75) is 0 Å². The molecule has 36 heavy (non-hydrogen) atoms. The van der Waals surface area contributed by atoms with E-state index in [0.29, 0.717) is 0 Å². The third-order valence-corrected chi connectivity index (χ3v) is 7.31. The number of hydrogen-bond acceptors (Lipinski definition) is 2. The Kier molecular flexibility index (Phi) is 4.49. The zero-order chi connectivity index (χ0) is 24.2. The Balaban J connectivity index is 1.64. The molecule has 4 N–H and O–H groups in total. The van der Waals surface area contributed by atoms with E-state index in [-0.39, 0.29) is 0 Å². The fourth-order valence-electron chi connectivity index (χ4n) is 5.69. The maximum Gasteiger partial charge on any atom is 0.0394 e. The molecule has 0 atom stereocenters. The Labute approximate surface area is 209 Å². The summed E-state index contributed by atoms with van der Waals surface area (Å²) in [6.45, 7) is 0. The van der Waals surface area contributed by atoms with E-state index in [2.05, 4.69) is 103 Å². The molecule has 0 aromatic heterocycles. The topological polar surface area (TPSA) is 52.0 Å². The fraction of sp³-hybridized carbons (Fsp3) is 0. The molecular weight excluding hydrogens is 436 g/mol. The van der Waals surface area contributed by atoms with Gasteiger partial charge >= 0.3 is 0 Å². The van der Waals surface area contributed by atoms with Crippen molar-refractivity contribution in [2.75, 3.05) is 11.5 Å². The quantitative estimate of drug-likeness (QED) is 0.200. The third kappa shape index (κ3) is 3.05. The highest BCUT2D eigenvalue weighted by molar-refractivity contribution is 6.24. The van der Waals surface area contributed by atoms with Crippen LogP contribution < -0.4 is 11.5 Å². The lowest BCUT2D eigenvalue weighted by Gasteiger charge is -2.19. The van der Waals surface area contributed by atoms with Gasteiger partial charge in [-0.1, -0.05) is 97.1 Å². The SMILES string of the molecule is Nc1ccc2ccc(-c3c4ccccc4c(-c4ccc(N)c5ccccc45)c4ccccc34)cc2c1. The van der Waals surface area contributed by atoms with Gasteiger partial charge in [0.15, 0.2) is 0 Å². The molecule has 7 aromatic carbocycles. The first-order chi connectivity index (χ1) is 17.7. The molecule has 0 bridgehead atoms. The highest BCUT2D eigenvalue weighted by Crippen LogP contribution is 2.46. The van der Waals surface area contributed by atoms with E-state index >= 15 is 0 Å². The van der Waals surface area contributed by atoms with Crippen LogP contribution in [0.1, 0.15) is 0 Å². The van der Waals surface area contributed by atoms with Gasteiger partial charge in [-0.3, -0.25) is 0 Å². The number of nitrogen functional groups attached to an aromatic ring is 2. The highest BCUT2D eigenvalue weighted by atomic mass is 14.5. The number of hydrogen-bond donors (Lipinski definition) is 2. The summed E-state index contributed by atoms with van der Waals surface area (Å²) in [6.07, 6.45) is 0. The molecule has 0 heterocycles. The minimum absolute atomic E-state index is 0.778. The molecule has 7 rings (SSSR count). The lowest BCUT2D eigenvalue weighted by Crippen LogP contribution is -1.93. The number of anilines is 2. The van der Waals surface area contributed by atoms with Gasteiger partial charge in [-0.25, -0.2) is 0 Å². The zero-order valence-corrected chi connectivity index (χ0v) is 19.7. The number of fused-ring (bicyclic) bond motifs is 4. The standard InChI is InChI=1S/C34H24N2/c35-24-16-15-21-13-14-22(19-23(21)20-24)33-27-9-3-5-11-29(27)34(30-12-6-4-10-28(30)33)31-17-18-32(36)26-8-2-1-7-25(26)31/h1-20H,35-36H2. The van der Waals surface area contributed by atoms with Crippen molar-refractivity contribution in [3.05, 3.63) is 121 Å². The second kappa shape index (κ2) is 7.86. The third-order valence-electron chi connectivity index (χ3n) is 7.31. The average Bonchev–Trinajstić information content (AvgIpc) is 2.92. The molecule has 0 amide bonds. The van der Waals surface area contributed by atoms with E-state index in [9.17, 15) is 0 Å². The minimum atomic E-state index is 0.778. The van der Waals surface area contributed by atoms with Crippen molar-refractivity contribution >= 4 is 54.5 Å². The van der Waals surface area contributed by atoms with Gasteiger partial charge in [0.25, 0.3) is 0 Å². The van der Waals surface area contributed by atoms with E-state index in [0.717, 1.165) is 22.1 Å². The molecule has 0 saturated carbocycles. The largest absolute Gasteiger partial charge is 0.399 e. The average molecular weight is 461 g/mol. The number of benzene rings is 7. The van der Waals surface area contributed by atoms with E-state index in [4.69, 9.17) is 11.5 Å². The van der Waals surface area contributed by atoms with Crippen LogP contribution in [0.15, 0.2) is 121 Å². The van der Waals surface area contributed by atoms with Gasteiger partial charge in [0.1, 0.15) is 0 Å². The second-order valence-corrected chi connectivity index (χ2v) is 9.41. The van der Waals surface area contributed by atoms with Crippen LogP contribution in [0.5, 0.6) is 0 Å². The Bertz CT molecular complexity index is 1910. The van der Waals surface area contributed by atoms with Gasteiger partial charge < -0.3 is 11.5 Å². The summed E-state index contributed by atoms with van der Waals surface area (Å²) in [4.78, 5) is 0. The first-order valence-electron chi connectivity index (χ1n) is 12.2. The van der Waals surface area contributed by atoms with Crippen LogP contribution >= 0.6 is 0 Å². The highest BCUT2D eigenvalue weighted by Gasteiger charge is 2.18. The molecule has 0 fully saturated rings. The smallest absolute Gasteiger partial charge is 0.0394 e. The van der Waals surface area contributed by atoms with Crippen LogP contribution in [0.3, 0.4) is 0 Å². The lowest BCUT2D eigenvalue weighted by atomic mass is 9.84. The fourth-order valence-corrected chi connectivity index (χ4v) is 5.69. The Hall–Kier alpha value is -4.82. The predicted molar refractivity (Wildman–Crippen MR) is 156 cm³/mol. The molecule has 0 aliphatic carbocycles. The molecule has 0 radical (unpaired) electrons. The van der Waals surface area contributed by atoms with Gasteiger partial charge in [-0.05, 0) is 84.2 Å². The number of nitrogens with two attached hydrogens (primary N) is 2. The van der Waals surface area contributed by atoms with Gasteiger partial charge in [0.05, 0.1) is 0 Å². The van der Waals surface area contributed by atoms with Crippen molar-refractivity contribution in [3.63, 3.8) is 0 Å². The van der Waals surface area contributed by atoms with E-state index < -0.39 is 0 Å². The second-order valence-electron chi connectivity index (χ2n) is 9.41. The van der Waals surface area contributed by atoms with Crippen molar-refractivity contribution in [1.29, 1.82) is 0 Å². The minimum Gasteiger partial charge on any atom is -0.399 e. The van der Waals surface area contributed by atoms with Gasteiger partial charge in [-0.15, -0.1) is 0 Å². The molecular formula is C34H24N2. The Morgan fingerprint density at radius 1 is 0.389 bits per heavy atom. The van der Waals surface area contributed by atoms with Crippen molar-refractivity contribution in [1.82, 2.24) is 0 Å². The van der Waals surface area contributed by atoms with E-state index in [1.807, 2.05) is 18.2 Å². The Morgan fingerprint density at radius 3 is 1.61 bits per heavy atom. The molecule has 7 aromatic rings.